The molecule has 0 radical (unpaired) electrons. The van der Waals surface area contributed by atoms with Crippen molar-refractivity contribution in [2.24, 2.45) is 0 Å². The second-order valence-corrected chi connectivity index (χ2v) is 11.6. The minimum Gasteiger partial charge on any atom is -0.494 e. The summed E-state index contributed by atoms with van der Waals surface area (Å²) in [6, 6.07) is 10.6. The van der Waals surface area contributed by atoms with Crippen molar-refractivity contribution in [2.75, 3.05) is 62.3 Å². The van der Waals surface area contributed by atoms with E-state index in [0.29, 0.717) is 11.8 Å². The number of benzene rings is 2. The zero-order valence-corrected chi connectivity index (χ0v) is 22.8. The number of ether oxygens (including phenoxy) is 2. The molecule has 34 heavy (non-hydrogen) atoms. The predicted octanol–water partition coefficient (Wildman–Crippen LogP) is 5.56. The van der Waals surface area contributed by atoms with E-state index in [2.05, 4.69) is 94.0 Å². The summed E-state index contributed by atoms with van der Waals surface area (Å²) >= 11 is 3.59. The first kappa shape index (κ1) is 24.7. The van der Waals surface area contributed by atoms with Crippen LogP contribution in [-0.4, -0.2) is 56.7 Å². The van der Waals surface area contributed by atoms with Gasteiger partial charge in [0.25, 0.3) is 0 Å². The minimum atomic E-state index is -0.270. The first-order valence-electron chi connectivity index (χ1n) is 11.2. The fraction of sp³-hybridized carbons (Fsp3) is 0.360. The zero-order chi connectivity index (χ0) is 24.2. The van der Waals surface area contributed by atoms with Gasteiger partial charge in [-0.3, -0.25) is 0 Å². The maximum absolute atomic E-state index is 5.71. The Labute approximate surface area is 211 Å². The largest absolute Gasteiger partial charge is 0.494 e. The zero-order valence-electron chi connectivity index (χ0n) is 20.3. The van der Waals surface area contributed by atoms with Crippen molar-refractivity contribution < 1.29 is 9.47 Å². The van der Waals surface area contributed by atoms with E-state index in [-0.39, 0.29) is 7.92 Å². The lowest BCUT2D eigenvalue weighted by molar-refractivity contribution is 0.122. The fourth-order valence-corrected chi connectivity index (χ4v) is 5.33. The number of aromatic nitrogens is 2. The van der Waals surface area contributed by atoms with E-state index < -0.39 is 0 Å². The third-order valence-corrected chi connectivity index (χ3v) is 7.66. The highest BCUT2D eigenvalue weighted by molar-refractivity contribution is 9.10. The molecule has 0 atom stereocenters. The molecule has 0 unspecified atom stereocenters. The van der Waals surface area contributed by atoms with Gasteiger partial charge in [0.15, 0.2) is 0 Å². The van der Waals surface area contributed by atoms with Gasteiger partial charge in [-0.15, -0.1) is 0 Å². The molecule has 0 amide bonds. The van der Waals surface area contributed by atoms with Crippen LogP contribution in [0.1, 0.15) is 11.1 Å². The van der Waals surface area contributed by atoms with Gasteiger partial charge in [-0.1, -0.05) is 19.6 Å². The normalized spacial score (nSPS) is 13.8. The Morgan fingerprint density at radius 3 is 2.53 bits per heavy atom. The highest BCUT2D eigenvalue weighted by Gasteiger charge is 2.18. The molecule has 7 nitrogen and oxygen atoms in total. The van der Waals surface area contributed by atoms with Gasteiger partial charge in [0, 0.05) is 36.7 Å². The monoisotopic (exact) mass is 543 g/mol. The maximum Gasteiger partial charge on any atom is 0.229 e. The molecule has 0 saturated carbocycles. The molecule has 3 aromatic rings. The van der Waals surface area contributed by atoms with E-state index in [0.717, 1.165) is 59.2 Å². The number of aryl methyl sites for hydroxylation is 2. The van der Waals surface area contributed by atoms with E-state index in [1.807, 2.05) is 0 Å². The van der Waals surface area contributed by atoms with Crippen molar-refractivity contribution in [1.29, 1.82) is 0 Å². The Bertz CT molecular complexity index is 1170. The molecule has 1 fully saturated rings. The number of nitrogens with one attached hydrogen (secondary N) is 2. The minimum absolute atomic E-state index is 0.270. The predicted molar refractivity (Wildman–Crippen MR) is 147 cm³/mol. The van der Waals surface area contributed by atoms with Crippen molar-refractivity contribution in [1.82, 2.24) is 9.97 Å². The standard InChI is InChI=1S/C25H31BrN5O2P/c1-16-6-7-19(23(12-16)34(4)5)28-24-18(26)15-27-25(30-24)29-20-13-17(2)21(14-22(20)32-3)31-8-10-33-11-9-31/h6-7,12-15H,8-11H2,1-5H3,(H2,27,28,29,30). The first-order chi connectivity index (χ1) is 16.4. The van der Waals surface area contributed by atoms with Gasteiger partial charge < -0.3 is 25.0 Å². The third kappa shape index (κ3) is 5.62. The van der Waals surface area contributed by atoms with Crippen molar-refractivity contribution in [3.8, 4) is 5.75 Å². The summed E-state index contributed by atoms with van der Waals surface area (Å²) in [7, 11) is 1.41. The number of morpholine rings is 1. The van der Waals surface area contributed by atoms with Crippen LogP contribution in [0.5, 0.6) is 5.75 Å². The molecule has 1 aliphatic rings. The molecule has 0 bridgehead atoms. The number of anilines is 5. The van der Waals surface area contributed by atoms with Gasteiger partial charge in [0.1, 0.15) is 11.6 Å². The summed E-state index contributed by atoms with van der Waals surface area (Å²) in [5.41, 5.74) is 5.46. The van der Waals surface area contributed by atoms with Crippen LogP contribution >= 0.6 is 23.9 Å². The molecule has 180 valence electrons. The Balaban J connectivity index is 1.61. The number of methoxy groups -OCH3 is 1. The Morgan fingerprint density at radius 1 is 1.06 bits per heavy atom. The lowest BCUT2D eigenvalue weighted by atomic mass is 10.1. The summed E-state index contributed by atoms with van der Waals surface area (Å²) in [6.45, 7) is 12.0. The summed E-state index contributed by atoms with van der Waals surface area (Å²) in [4.78, 5) is 11.6. The average Bonchev–Trinajstić information content (AvgIpc) is 2.83. The summed E-state index contributed by atoms with van der Waals surface area (Å²) < 4.78 is 12.0. The van der Waals surface area contributed by atoms with Gasteiger partial charge in [-0.05, 0) is 72.2 Å². The average molecular weight is 544 g/mol. The van der Waals surface area contributed by atoms with Crippen molar-refractivity contribution in [3.63, 3.8) is 0 Å². The number of rotatable bonds is 7. The smallest absolute Gasteiger partial charge is 0.229 e. The van der Waals surface area contributed by atoms with Crippen LogP contribution < -0.4 is 25.6 Å². The van der Waals surface area contributed by atoms with Gasteiger partial charge in [0.05, 0.1) is 30.5 Å². The van der Waals surface area contributed by atoms with Gasteiger partial charge in [-0.25, -0.2) is 4.98 Å². The second kappa shape index (κ2) is 10.9. The van der Waals surface area contributed by atoms with Gasteiger partial charge >= 0.3 is 0 Å². The maximum atomic E-state index is 5.71. The second-order valence-electron chi connectivity index (χ2n) is 8.49. The van der Waals surface area contributed by atoms with E-state index in [1.165, 1.54) is 10.9 Å². The summed E-state index contributed by atoms with van der Waals surface area (Å²) in [6.07, 6.45) is 1.76. The van der Waals surface area contributed by atoms with Crippen LogP contribution in [0, 0.1) is 13.8 Å². The SMILES string of the molecule is COc1cc(N2CCOCC2)c(C)cc1Nc1ncc(Br)c(Nc2ccc(C)cc2P(C)C)n1. The van der Waals surface area contributed by atoms with Crippen LogP contribution in [0.2, 0.25) is 0 Å². The fourth-order valence-electron chi connectivity index (χ4n) is 3.97. The topological polar surface area (TPSA) is 71.5 Å². The molecule has 0 aliphatic carbocycles. The highest BCUT2D eigenvalue weighted by Crippen LogP contribution is 2.36. The number of halogens is 1. The molecular formula is C25H31BrN5O2P. The molecule has 1 aromatic heterocycles. The van der Waals surface area contributed by atoms with E-state index >= 15 is 0 Å². The molecular weight excluding hydrogens is 513 g/mol. The van der Waals surface area contributed by atoms with Gasteiger partial charge in [0.2, 0.25) is 5.95 Å². The van der Waals surface area contributed by atoms with Crippen molar-refractivity contribution >= 4 is 58.0 Å². The number of hydrogen-bond acceptors (Lipinski definition) is 7. The molecule has 1 aliphatic heterocycles. The number of nitrogens with zero attached hydrogens (tertiary/aromatic N) is 3. The molecule has 0 spiro atoms. The van der Waals surface area contributed by atoms with Crippen molar-refractivity contribution in [3.05, 3.63) is 52.1 Å². The third-order valence-electron chi connectivity index (χ3n) is 5.75. The van der Waals surface area contributed by atoms with E-state index in [9.17, 15) is 0 Å². The van der Waals surface area contributed by atoms with Crippen LogP contribution in [0.4, 0.5) is 28.8 Å². The Hall–Kier alpha value is -2.41. The lowest BCUT2D eigenvalue weighted by Gasteiger charge is -2.30. The van der Waals surface area contributed by atoms with Crippen LogP contribution in [0.3, 0.4) is 0 Å². The lowest BCUT2D eigenvalue weighted by Crippen LogP contribution is -2.36. The van der Waals surface area contributed by atoms with Crippen LogP contribution in [0.25, 0.3) is 0 Å². The quantitative estimate of drug-likeness (QED) is 0.378. The van der Waals surface area contributed by atoms with E-state index in [1.54, 1.807) is 13.3 Å². The Morgan fingerprint density at radius 2 is 1.82 bits per heavy atom. The number of hydrogen-bond donors (Lipinski definition) is 2. The van der Waals surface area contributed by atoms with Crippen molar-refractivity contribution in [2.45, 2.75) is 13.8 Å². The molecule has 2 aromatic carbocycles. The molecule has 4 rings (SSSR count). The first-order valence-corrected chi connectivity index (χ1v) is 14.2. The summed E-state index contributed by atoms with van der Waals surface area (Å²) in [5, 5.41) is 8.15. The molecule has 2 N–H and O–H groups in total. The van der Waals surface area contributed by atoms with Gasteiger partial charge in [-0.2, -0.15) is 4.98 Å². The summed E-state index contributed by atoms with van der Waals surface area (Å²) in [5.74, 6) is 1.95. The van der Waals surface area contributed by atoms with Crippen LogP contribution in [0.15, 0.2) is 41.0 Å². The van der Waals surface area contributed by atoms with E-state index in [4.69, 9.17) is 14.5 Å². The van der Waals surface area contributed by atoms with Crippen LogP contribution in [-0.2, 0) is 4.74 Å². The molecule has 9 heteroatoms. The molecule has 2 heterocycles. The molecule has 1 saturated heterocycles. The highest BCUT2D eigenvalue weighted by atomic mass is 79.9. The Kier molecular flexibility index (Phi) is 7.91.